The van der Waals surface area contributed by atoms with Gasteiger partial charge in [0, 0.05) is 12.1 Å². The third-order valence-corrected chi connectivity index (χ3v) is 6.99. The highest BCUT2D eigenvalue weighted by Gasteiger charge is 2.39. The summed E-state index contributed by atoms with van der Waals surface area (Å²) in [5.74, 6) is 0. The zero-order chi connectivity index (χ0) is 20.5. The summed E-state index contributed by atoms with van der Waals surface area (Å²) in [7, 11) is -15.8. The quantitative estimate of drug-likeness (QED) is 0.330. The molecule has 17 heteroatoms. The van der Waals surface area contributed by atoms with Crippen molar-refractivity contribution in [3.8, 4) is 0 Å². The van der Waals surface area contributed by atoms with Gasteiger partial charge in [-0.15, -0.1) is 0 Å². The molecule has 0 bridgehead atoms. The molecule has 5 N–H and O–H groups in total. The number of aromatic amines is 1. The Morgan fingerprint density at radius 1 is 1.19 bits per heavy atom. The van der Waals surface area contributed by atoms with E-state index in [1.807, 2.05) is 0 Å². The number of rotatable bonds is 9. The molecule has 0 aliphatic heterocycles. The third kappa shape index (κ3) is 6.74. The lowest BCUT2D eigenvalue weighted by Gasteiger charge is -2.18. The Morgan fingerprint density at radius 3 is 2.48 bits per heavy atom. The molecule has 0 amide bonds. The summed E-state index contributed by atoms with van der Waals surface area (Å²) < 4.78 is 47.4. The standard InChI is InChI=1S/C10H16N3O11P3/c1-7(4-8-2-3-9-10(14)11-5-12-13(8)9)22-6-25(15,16)23-27(20,21)24-26(17,18)19/h2-3,5,7H,4,6H2,1H3,(H,15,16)(H,20,21)(H,11,12,14)(H2,17,18,19). The van der Waals surface area contributed by atoms with Crippen molar-refractivity contribution in [2.75, 3.05) is 6.35 Å². The third-order valence-electron chi connectivity index (χ3n) is 2.99. The largest absolute Gasteiger partial charge is 0.488 e. The number of H-pyrrole nitrogens is 1. The molecule has 0 saturated carbocycles. The van der Waals surface area contributed by atoms with Crippen LogP contribution in [0.3, 0.4) is 0 Å². The van der Waals surface area contributed by atoms with Gasteiger partial charge in [0.25, 0.3) is 5.56 Å². The number of hydrogen-bond acceptors (Lipinski definition) is 8. The van der Waals surface area contributed by atoms with Crippen molar-refractivity contribution in [2.24, 2.45) is 0 Å². The first-order valence-electron chi connectivity index (χ1n) is 7.07. The molecule has 0 fully saturated rings. The van der Waals surface area contributed by atoms with E-state index in [2.05, 4.69) is 18.7 Å². The normalized spacial score (nSPS) is 18.1. The number of nitrogens with one attached hydrogen (secondary N) is 1. The van der Waals surface area contributed by atoms with Gasteiger partial charge in [0.05, 0.1) is 6.10 Å². The van der Waals surface area contributed by atoms with Crippen LogP contribution in [0.2, 0.25) is 0 Å². The number of hydrogen-bond donors (Lipinski definition) is 5. The average Bonchev–Trinajstić information content (AvgIpc) is 2.86. The summed E-state index contributed by atoms with van der Waals surface area (Å²) in [6, 6.07) is 3.12. The van der Waals surface area contributed by atoms with Gasteiger partial charge in [0.15, 0.2) is 0 Å². The maximum absolute atomic E-state index is 11.8. The van der Waals surface area contributed by atoms with Gasteiger partial charge in [-0.3, -0.25) is 9.36 Å². The van der Waals surface area contributed by atoms with Crippen LogP contribution in [0.4, 0.5) is 0 Å². The smallest absolute Gasteiger partial charge is 0.365 e. The molecule has 0 saturated heterocycles. The van der Waals surface area contributed by atoms with Crippen LogP contribution in [-0.4, -0.2) is 46.6 Å². The van der Waals surface area contributed by atoms with E-state index in [1.165, 1.54) is 23.8 Å². The molecule has 0 aromatic carbocycles. The second kappa shape index (κ2) is 8.06. The molecule has 0 radical (unpaired) electrons. The molecule has 2 rings (SSSR count). The summed E-state index contributed by atoms with van der Waals surface area (Å²) in [6.45, 7) is 1.51. The number of fused-ring (bicyclic) bond motifs is 1. The summed E-state index contributed by atoms with van der Waals surface area (Å²) in [5.41, 5.74) is 0.475. The van der Waals surface area contributed by atoms with Crippen LogP contribution in [0.25, 0.3) is 5.52 Å². The van der Waals surface area contributed by atoms with Crippen LogP contribution in [0, 0.1) is 0 Å². The van der Waals surface area contributed by atoms with Crippen molar-refractivity contribution in [1.82, 2.24) is 14.6 Å². The molecule has 2 aromatic heterocycles. The minimum absolute atomic E-state index is 0.153. The van der Waals surface area contributed by atoms with Crippen molar-refractivity contribution in [1.29, 1.82) is 0 Å². The van der Waals surface area contributed by atoms with Crippen molar-refractivity contribution < 1.29 is 46.6 Å². The van der Waals surface area contributed by atoms with Crippen LogP contribution in [0.5, 0.6) is 0 Å². The average molecular weight is 447 g/mol. The fourth-order valence-corrected chi connectivity index (χ4v) is 5.45. The highest BCUT2D eigenvalue weighted by Crippen LogP contribution is 2.65. The zero-order valence-corrected chi connectivity index (χ0v) is 16.3. The van der Waals surface area contributed by atoms with E-state index in [4.69, 9.17) is 19.4 Å². The van der Waals surface area contributed by atoms with Crippen LogP contribution in [0.1, 0.15) is 12.6 Å². The number of aromatic nitrogens is 3. The van der Waals surface area contributed by atoms with E-state index < -0.39 is 35.7 Å². The second-order valence-electron chi connectivity index (χ2n) is 5.31. The van der Waals surface area contributed by atoms with Crippen molar-refractivity contribution in [3.63, 3.8) is 0 Å². The Bertz CT molecular complexity index is 1010. The molecule has 3 unspecified atom stereocenters. The lowest BCUT2D eigenvalue weighted by Crippen LogP contribution is -2.17. The van der Waals surface area contributed by atoms with Gasteiger partial charge in [0.2, 0.25) is 0 Å². The lowest BCUT2D eigenvalue weighted by atomic mass is 10.2. The summed E-state index contributed by atoms with van der Waals surface area (Å²) in [6.07, 6.45) is -0.421. The van der Waals surface area contributed by atoms with Crippen molar-refractivity contribution in [3.05, 3.63) is 34.5 Å². The van der Waals surface area contributed by atoms with Crippen LogP contribution >= 0.6 is 23.2 Å². The second-order valence-corrected chi connectivity index (χ2v) is 10.1. The number of nitrogens with zero attached hydrogens (tertiary/aromatic N) is 2. The molecule has 2 heterocycles. The molecule has 3 atom stereocenters. The van der Waals surface area contributed by atoms with E-state index in [9.17, 15) is 23.4 Å². The molecule has 152 valence electrons. The molecule has 0 spiro atoms. The highest BCUT2D eigenvalue weighted by molar-refractivity contribution is 7.68. The molecular formula is C10H16N3O11P3. The minimum Gasteiger partial charge on any atom is -0.365 e. The first-order chi connectivity index (χ1) is 12.3. The van der Waals surface area contributed by atoms with Gasteiger partial charge < -0.3 is 29.3 Å². The first-order valence-corrected chi connectivity index (χ1v) is 11.9. The van der Waals surface area contributed by atoms with Gasteiger partial charge in [-0.25, -0.2) is 18.0 Å². The van der Waals surface area contributed by atoms with E-state index >= 15 is 0 Å². The van der Waals surface area contributed by atoms with Crippen molar-refractivity contribution in [2.45, 2.75) is 19.4 Å². The van der Waals surface area contributed by atoms with Crippen LogP contribution in [0.15, 0.2) is 23.3 Å². The van der Waals surface area contributed by atoms with E-state index in [0.29, 0.717) is 5.69 Å². The Morgan fingerprint density at radius 2 is 1.85 bits per heavy atom. The summed E-state index contributed by atoms with van der Waals surface area (Å²) in [5, 5.41) is 3.96. The van der Waals surface area contributed by atoms with Crippen LogP contribution < -0.4 is 5.56 Å². The zero-order valence-electron chi connectivity index (χ0n) is 13.6. The fourth-order valence-electron chi connectivity index (χ4n) is 2.06. The van der Waals surface area contributed by atoms with Crippen molar-refractivity contribution >= 4 is 28.8 Å². The lowest BCUT2D eigenvalue weighted by molar-refractivity contribution is 0.0867. The number of phosphoric acid groups is 2. The molecule has 0 aliphatic rings. The molecular weight excluding hydrogens is 431 g/mol. The maximum Gasteiger partial charge on any atom is 0.488 e. The van der Waals surface area contributed by atoms with Gasteiger partial charge in [0.1, 0.15) is 18.2 Å². The topological polar surface area (TPSA) is 210 Å². The maximum atomic E-state index is 11.8. The van der Waals surface area contributed by atoms with Gasteiger partial charge in [-0.1, -0.05) is 0 Å². The molecule has 0 aliphatic carbocycles. The Hall–Kier alpha value is -1.17. The monoisotopic (exact) mass is 447 g/mol. The van der Waals surface area contributed by atoms with Crippen LogP contribution in [-0.2, 0) is 33.5 Å². The Kier molecular flexibility index (Phi) is 6.60. The Labute approximate surface area is 151 Å². The predicted molar refractivity (Wildman–Crippen MR) is 88.8 cm³/mol. The SMILES string of the molecule is CC(Cc1ccc2c(=O)[nH]cnn12)OCP(=O)(O)OP(=O)(O)OP(=O)(O)O. The summed E-state index contributed by atoms with van der Waals surface area (Å²) in [4.78, 5) is 49.5. The predicted octanol–water partition coefficient (Wildman–Crippen LogP) is 0.339. The number of ether oxygens (including phenoxy) is 1. The Balaban J connectivity index is 1.97. The van der Waals surface area contributed by atoms with Gasteiger partial charge >= 0.3 is 23.2 Å². The molecule has 14 nitrogen and oxygen atoms in total. The van der Waals surface area contributed by atoms with E-state index in [0.717, 1.165) is 0 Å². The minimum atomic E-state index is -5.50. The highest BCUT2D eigenvalue weighted by atomic mass is 31.3. The van der Waals surface area contributed by atoms with Gasteiger partial charge in [-0.2, -0.15) is 9.41 Å². The first kappa shape index (κ1) is 22.1. The van der Waals surface area contributed by atoms with E-state index in [-0.39, 0.29) is 17.5 Å². The van der Waals surface area contributed by atoms with E-state index in [1.54, 1.807) is 6.07 Å². The fraction of sp³-hybridized carbons (Fsp3) is 0.400. The summed E-state index contributed by atoms with van der Waals surface area (Å²) >= 11 is 0. The molecule has 27 heavy (non-hydrogen) atoms. The molecule has 2 aromatic rings. The van der Waals surface area contributed by atoms with Gasteiger partial charge in [-0.05, 0) is 19.1 Å².